The summed E-state index contributed by atoms with van der Waals surface area (Å²) in [7, 11) is -3.72. The van der Waals surface area contributed by atoms with Gasteiger partial charge in [-0.2, -0.15) is 0 Å². The third-order valence-corrected chi connectivity index (χ3v) is 5.49. The second-order valence-electron chi connectivity index (χ2n) is 5.66. The fourth-order valence-electron chi connectivity index (χ4n) is 2.57. The molecule has 0 saturated heterocycles. The van der Waals surface area contributed by atoms with Gasteiger partial charge in [0.2, 0.25) is 15.8 Å². The number of furan rings is 1. The van der Waals surface area contributed by atoms with Crippen molar-refractivity contribution in [1.82, 2.24) is 4.72 Å². The number of rotatable bonds is 6. The fourth-order valence-corrected chi connectivity index (χ4v) is 4.12. The molecule has 2 aliphatic carbocycles. The monoisotopic (exact) mass is 299 g/mol. The van der Waals surface area contributed by atoms with Gasteiger partial charge < -0.3 is 9.52 Å². The lowest BCUT2D eigenvalue weighted by Crippen LogP contribution is -2.38. The molecular weight excluding hydrogens is 282 g/mol. The minimum absolute atomic E-state index is 0.0115. The Labute approximate surface area is 117 Å². The van der Waals surface area contributed by atoms with Gasteiger partial charge in [0.1, 0.15) is 10.7 Å². The van der Waals surface area contributed by atoms with E-state index >= 15 is 0 Å². The zero-order valence-electron chi connectivity index (χ0n) is 11.1. The lowest BCUT2D eigenvalue weighted by Gasteiger charge is -2.17. The highest BCUT2D eigenvalue weighted by Gasteiger charge is 2.44. The van der Waals surface area contributed by atoms with Gasteiger partial charge in [0.15, 0.2) is 0 Å². The van der Waals surface area contributed by atoms with E-state index in [0.717, 1.165) is 31.7 Å². The number of hydrogen-bond acceptors (Lipinski definition) is 4. The van der Waals surface area contributed by atoms with E-state index in [1.807, 2.05) is 0 Å². The first-order valence-corrected chi connectivity index (χ1v) is 8.23. The Hall–Kier alpha value is -1.34. The zero-order chi connectivity index (χ0) is 14.5. The predicted molar refractivity (Wildman–Crippen MR) is 70.0 cm³/mol. The van der Waals surface area contributed by atoms with Gasteiger partial charge in [-0.3, -0.25) is 0 Å². The minimum Gasteiger partial charge on any atom is -0.475 e. The molecule has 2 fully saturated rings. The van der Waals surface area contributed by atoms with E-state index < -0.39 is 16.0 Å². The summed E-state index contributed by atoms with van der Waals surface area (Å²) in [5.74, 6) is -0.639. The Balaban J connectivity index is 1.85. The maximum Gasteiger partial charge on any atom is 0.371 e. The number of sulfonamides is 1. The lowest BCUT2D eigenvalue weighted by molar-refractivity contribution is 0.0661. The van der Waals surface area contributed by atoms with Crippen molar-refractivity contribution in [3.05, 3.63) is 17.6 Å². The average Bonchev–Trinajstić information content (AvgIpc) is 3.24. The summed E-state index contributed by atoms with van der Waals surface area (Å²) in [6.45, 7) is 1.46. The molecule has 20 heavy (non-hydrogen) atoms. The molecule has 0 radical (unpaired) electrons. The molecule has 1 aromatic heterocycles. The Morgan fingerprint density at radius 1 is 1.35 bits per heavy atom. The molecule has 2 N–H and O–H groups in total. The predicted octanol–water partition coefficient (Wildman–Crippen LogP) is 1.75. The number of hydrogen-bond donors (Lipinski definition) is 2. The Kier molecular flexibility index (Phi) is 3.13. The number of aromatic carboxylic acids is 1. The molecule has 0 spiro atoms. The molecule has 7 heteroatoms. The van der Waals surface area contributed by atoms with Gasteiger partial charge in [0.05, 0.1) is 0 Å². The van der Waals surface area contributed by atoms with Crippen LogP contribution in [0.5, 0.6) is 0 Å². The Bertz CT molecular complexity index is 628. The van der Waals surface area contributed by atoms with Crippen LogP contribution in [0.4, 0.5) is 0 Å². The van der Waals surface area contributed by atoms with Crippen LogP contribution in [0.15, 0.2) is 15.4 Å². The Morgan fingerprint density at radius 3 is 2.30 bits per heavy atom. The first kappa shape index (κ1) is 13.6. The van der Waals surface area contributed by atoms with Gasteiger partial charge in [-0.25, -0.2) is 17.9 Å². The number of carbonyl (C=O) groups is 1. The number of carboxylic acids is 1. The smallest absolute Gasteiger partial charge is 0.371 e. The molecule has 1 aromatic rings. The van der Waals surface area contributed by atoms with Crippen molar-refractivity contribution in [2.75, 3.05) is 0 Å². The van der Waals surface area contributed by atoms with Crippen LogP contribution in [-0.2, 0) is 10.0 Å². The number of nitrogens with one attached hydrogen (secondary N) is 1. The van der Waals surface area contributed by atoms with Crippen molar-refractivity contribution in [1.29, 1.82) is 0 Å². The van der Waals surface area contributed by atoms with E-state index in [2.05, 4.69) is 4.72 Å². The van der Waals surface area contributed by atoms with E-state index in [1.54, 1.807) is 0 Å². The molecular formula is C13H17NO5S. The maximum atomic E-state index is 12.4. The van der Waals surface area contributed by atoms with E-state index in [0.29, 0.717) is 11.8 Å². The highest BCUT2D eigenvalue weighted by molar-refractivity contribution is 7.89. The first-order chi connectivity index (χ1) is 9.38. The summed E-state index contributed by atoms with van der Waals surface area (Å²) in [5.41, 5.74) is 0. The Morgan fingerprint density at radius 2 is 1.90 bits per heavy atom. The van der Waals surface area contributed by atoms with Crippen LogP contribution in [0.25, 0.3) is 0 Å². The van der Waals surface area contributed by atoms with Gasteiger partial charge in [0.25, 0.3) is 0 Å². The molecule has 0 aliphatic heterocycles. The quantitative estimate of drug-likeness (QED) is 0.834. The van der Waals surface area contributed by atoms with Gasteiger partial charge >= 0.3 is 5.97 Å². The van der Waals surface area contributed by atoms with E-state index in [1.165, 1.54) is 6.92 Å². The molecule has 2 aliphatic rings. The van der Waals surface area contributed by atoms with Gasteiger partial charge in [0, 0.05) is 12.1 Å². The summed E-state index contributed by atoms with van der Waals surface area (Å²) in [6.07, 6.45) is 4.26. The van der Waals surface area contributed by atoms with E-state index in [9.17, 15) is 13.2 Å². The molecule has 2 saturated carbocycles. The highest BCUT2D eigenvalue weighted by atomic mass is 32.2. The molecule has 0 atom stereocenters. The van der Waals surface area contributed by atoms with Crippen molar-refractivity contribution >= 4 is 16.0 Å². The summed E-state index contributed by atoms with van der Waals surface area (Å²) < 4.78 is 32.5. The molecule has 0 unspecified atom stereocenters. The van der Waals surface area contributed by atoms with Crippen LogP contribution >= 0.6 is 0 Å². The standard InChI is InChI=1S/C13H17NO5S/c1-7-11(6-10(19-7)13(15)16)20(17,18)14-12(8-2-3-8)9-4-5-9/h6,8-9,12,14H,2-5H2,1H3,(H,15,16). The SMILES string of the molecule is Cc1oc(C(=O)O)cc1S(=O)(=O)NC(C1CC1)C1CC1. The average molecular weight is 299 g/mol. The van der Waals surface area contributed by atoms with Crippen molar-refractivity contribution in [3.8, 4) is 0 Å². The van der Waals surface area contributed by atoms with Crippen molar-refractivity contribution < 1.29 is 22.7 Å². The maximum absolute atomic E-state index is 12.4. The largest absolute Gasteiger partial charge is 0.475 e. The molecule has 6 nitrogen and oxygen atoms in total. The third kappa shape index (κ3) is 2.60. The zero-order valence-corrected chi connectivity index (χ0v) is 11.9. The van der Waals surface area contributed by atoms with E-state index in [4.69, 9.17) is 9.52 Å². The molecule has 0 bridgehead atoms. The summed E-state index contributed by atoms with van der Waals surface area (Å²) in [4.78, 5) is 10.8. The van der Waals surface area contributed by atoms with Crippen LogP contribution < -0.4 is 4.72 Å². The minimum atomic E-state index is -3.72. The summed E-state index contributed by atoms with van der Waals surface area (Å²) in [5, 5.41) is 8.86. The first-order valence-electron chi connectivity index (χ1n) is 6.74. The summed E-state index contributed by atoms with van der Waals surface area (Å²) in [6, 6.07) is 1.07. The topological polar surface area (TPSA) is 96.6 Å². The van der Waals surface area contributed by atoms with Crippen LogP contribution in [0.1, 0.15) is 42.0 Å². The fraction of sp³-hybridized carbons (Fsp3) is 0.615. The third-order valence-electron chi connectivity index (χ3n) is 3.92. The lowest BCUT2D eigenvalue weighted by atomic mass is 10.1. The van der Waals surface area contributed by atoms with Crippen LogP contribution in [0, 0.1) is 18.8 Å². The van der Waals surface area contributed by atoms with Crippen molar-refractivity contribution in [2.45, 2.75) is 43.5 Å². The van der Waals surface area contributed by atoms with E-state index in [-0.39, 0.29) is 22.5 Å². The van der Waals surface area contributed by atoms with Gasteiger partial charge in [-0.05, 0) is 44.4 Å². The molecule has 0 amide bonds. The van der Waals surface area contributed by atoms with Gasteiger partial charge in [-0.1, -0.05) is 0 Å². The normalized spacial score (nSPS) is 19.5. The molecule has 110 valence electrons. The molecule has 1 heterocycles. The number of carboxylic acid groups (broad SMARTS) is 1. The van der Waals surface area contributed by atoms with Crippen molar-refractivity contribution in [2.24, 2.45) is 11.8 Å². The van der Waals surface area contributed by atoms with Crippen molar-refractivity contribution in [3.63, 3.8) is 0 Å². The number of aryl methyl sites for hydroxylation is 1. The van der Waals surface area contributed by atoms with Crippen LogP contribution in [0.3, 0.4) is 0 Å². The molecule has 0 aromatic carbocycles. The highest BCUT2D eigenvalue weighted by Crippen LogP contribution is 2.45. The second-order valence-corrected chi connectivity index (χ2v) is 7.34. The summed E-state index contributed by atoms with van der Waals surface area (Å²) >= 11 is 0. The second kappa shape index (κ2) is 4.60. The van der Waals surface area contributed by atoms with Gasteiger partial charge in [-0.15, -0.1) is 0 Å². The van der Waals surface area contributed by atoms with Crippen LogP contribution in [0.2, 0.25) is 0 Å². The molecule has 3 rings (SSSR count). The van der Waals surface area contributed by atoms with Crippen LogP contribution in [-0.4, -0.2) is 25.5 Å².